The zero-order valence-corrected chi connectivity index (χ0v) is 11.6. The van der Waals surface area contributed by atoms with Gasteiger partial charge in [0.15, 0.2) is 5.78 Å². The average molecular weight is 258 g/mol. The Labute approximate surface area is 107 Å². The topological polar surface area (TPSA) is 60.9 Å². The molecule has 4 nitrogen and oxygen atoms in total. The molecule has 0 saturated heterocycles. The molecule has 1 aromatic heterocycles. The molecule has 1 rings (SSSR count). The van der Waals surface area contributed by atoms with E-state index in [4.69, 9.17) is 17.3 Å². The van der Waals surface area contributed by atoms with Crippen molar-refractivity contribution >= 4 is 17.4 Å². The van der Waals surface area contributed by atoms with Crippen LogP contribution in [0.5, 0.6) is 0 Å². The van der Waals surface area contributed by atoms with Crippen LogP contribution < -0.4 is 5.73 Å². The van der Waals surface area contributed by atoms with Crippen molar-refractivity contribution in [1.29, 1.82) is 0 Å². The molecule has 0 aliphatic heterocycles. The van der Waals surface area contributed by atoms with Crippen LogP contribution in [0.25, 0.3) is 0 Å². The van der Waals surface area contributed by atoms with E-state index < -0.39 is 0 Å². The Morgan fingerprint density at radius 3 is 2.65 bits per heavy atom. The second-order valence-corrected chi connectivity index (χ2v) is 5.66. The zero-order valence-electron chi connectivity index (χ0n) is 10.8. The van der Waals surface area contributed by atoms with Crippen LogP contribution in [0, 0.1) is 5.41 Å². The predicted molar refractivity (Wildman–Crippen MR) is 69.3 cm³/mol. The highest BCUT2D eigenvalue weighted by atomic mass is 35.5. The van der Waals surface area contributed by atoms with E-state index in [9.17, 15) is 4.79 Å². The maximum Gasteiger partial charge on any atom is 0.183 e. The SMILES string of the molecule is CCn1ncc(Cl)c1C(=O)CC(N)C(C)(C)C. The largest absolute Gasteiger partial charge is 0.327 e. The molecule has 0 aromatic carbocycles. The number of halogens is 1. The first-order chi connectivity index (χ1) is 7.77. The number of carbonyl (C=O) groups is 1. The van der Waals surface area contributed by atoms with Crippen molar-refractivity contribution in [2.24, 2.45) is 11.1 Å². The molecule has 0 fully saturated rings. The minimum Gasteiger partial charge on any atom is -0.327 e. The van der Waals surface area contributed by atoms with Crippen molar-refractivity contribution in [3.05, 3.63) is 16.9 Å². The van der Waals surface area contributed by atoms with Gasteiger partial charge in [0.25, 0.3) is 0 Å². The maximum atomic E-state index is 12.1. The number of Topliss-reactive ketones (excluding diaryl/α,β-unsaturated/α-hetero) is 1. The third-order valence-electron chi connectivity index (χ3n) is 2.88. The number of aromatic nitrogens is 2. The van der Waals surface area contributed by atoms with Crippen molar-refractivity contribution in [3.63, 3.8) is 0 Å². The molecule has 0 aliphatic rings. The monoisotopic (exact) mass is 257 g/mol. The molecule has 0 saturated carbocycles. The van der Waals surface area contributed by atoms with Crippen LogP contribution in [-0.2, 0) is 6.54 Å². The van der Waals surface area contributed by atoms with E-state index >= 15 is 0 Å². The number of hydrogen-bond acceptors (Lipinski definition) is 3. The summed E-state index contributed by atoms with van der Waals surface area (Å²) in [6.45, 7) is 8.60. The lowest BCUT2D eigenvalue weighted by Crippen LogP contribution is -2.37. The molecule has 0 spiro atoms. The fourth-order valence-electron chi connectivity index (χ4n) is 1.48. The maximum absolute atomic E-state index is 12.1. The predicted octanol–water partition coefficient (Wildman–Crippen LogP) is 2.50. The van der Waals surface area contributed by atoms with E-state index in [1.807, 2.05) is 27.7 Å². The molecule has 0 bridgehead atoms. The van der Waals surface area contributed by atoms with E-state index in [0.717, 1.165) is 0 Å². The highest BCUT2D eigenvalue weighted by Crippen LogP contribution is 2.23. The third kappa shape index (κ3) is 3.30. The Kier molecular flexibility index (Phi) is 4.33. The highest BCUT2D eigenvalue weighted by molar-refractivity contribution is 6.33. The van der Waals surface area contributed by atoms with Gasteiger partial charge >= 0.3 is 0 Å². The molecule has 1 aromatic rings. The molecular formula is C12H20ClN3O. The van der Waals surface area contributed by atoms with Gasteiger partial charge in [-0.15, -0.1) is 0 Å². The fourth-order valence-corrected chi connectivity index (χ4v) is 1.73. The second kappa shape index (κ2) is 5.19. The lowest BCUT2D eigenvalue weighted by Gasteiger charge is -2.26. The Hall–Kier alpha value is -0.870. The molecule has 1 atom stereocenters. The van der Waals surface area contributed by atoms with E-state index in [-0.39, 0.29) is 23.7 Å². The summed E-state index contributed by atoms with van der Waals surface area (Å²) >= 11 is 5.97. The van der Waals surface area contributed by atoms with Crippen molar-refractivity contribution < 1.29 is 4.79 Å². The highest BCUT2D eigenvalue weighted by Gasteiger charge is 2.26. The summed E-state index contributed by atoms with van der Waals surface area (Å²) < 4.78 is 1.61. The van der Waals surface area contributed by atoms with Crippen LogP contribution in [0.4, 0.5) is 0 Å². The number of carbonyl (C=O) groups excluding carboxylic acids is 1. The van der Waals surface area contributed by atoms with Crippen LogP contribution in [-0.4, -0.2) is 21.6 Å². The summed E-state index contributed by atoms with van der Waals surface area (Å²) in [5.41, 5.74) is 6.37. The van der Waals surface area contributed by atoms with Gasteiger partial charge in [-0.1, -0.05) is 32.4 Å². The van der Waals surface area contributed by atoms with Gasteiger partial charge in [-0.3, -0.25) is 9.48 Å². The van der Waals surface area contributed by atoms with Gasteiger partial charge < -0.3 is 5.73 Å². The summed E-state index contributed by atoms with van der Waals surface area (Å²) in [6, 6.07) is -0.189. The van der Waals surface area contributed by atoms with Gasteiger partial charge in [0.1, 0.15) is 5.69 Å². The van der Waals surface area contributed by atoms with Crippen molar-refractivity contribution in [3.8, 4) is 0 Å². The number of aryl methyl sites for hydroxylation is 1. The smallest absolute Gasteiger partial charge is 0.183 e. The Bertz CT molecular complexity index is 406. The summed E-state index contributed by atoms with van der Waals surface area (Å²) in [5.74, 6) is -0.0447. The molecule has 5 heteroatoms. The minimum atomic E-state index is -0.189. The van der Waals surface area contributed by atoms with Gasteiger partial charge in [0.2, 0.25) is 0 Å². The molecule has 96 valence electrons. The van der Waals surface area contributed by atoms with E-state index in [1.54, 1.807) is 4.68 Å². The number of nitrogens with zero attached hydrogens (tertiary/aromatic N) is 2. The van der Waals surface area contributed by atoms with Gasteiger partial charge in [-0.25, -0.2) is 0 Å². The van der Waals surface area contributed by atoms with Gasteiger partial charge in [-0.05, 0) is 12.3 Å². The number of ketones is 1. The van der Waals surface area contributed by atoms with Crippen LogP contribution in [0.3, 0.4) is 0 Å². The third-order valence-corrected chi connectivity index (χ3v) is 3.15. The lowest BCUT2D eigenvalue weighted by molar-refractivity contribution is 0.0943. The van der Waals surface area contributed by atoms with Crippen molar-refractivity contribution in [1.82, 2.24) is 9.78 Å². The molecule has 1 heterocycles. The minimum absolute atomic E-state index is 0.0447. The van der Waals surface area contributed by atoms with Crippen molar-refractivity contribution in [2.75, 3.05) is 0 Å². The van der Waals surface area contributed by atoms with Gasteiger partial charge in [0.05, 0.1) is 11.2 Å². The summed E-state index contributed by atoms with van der Waals surface area (Å²) in [5, 5.41) is 4.45. The first-order valence-corrected chi connectivity index (χ1v) is 6.15. The first-order valence-electron chi connectivity index (χ1n) is 5.77. The number of rotatable bonds is 4. The zero-order chi connectivity index (χ0) is 13.2. The van der Waals surface area contributed by atoms with E-state index in [0.29, 0.717) is 17.3 Å². The first kappa shape index (κ1) is 14.2. The fraction of sp³-hybridized carbons (Fsp3) is 0.667. The molecule has 17 heavy (non-hydrogen) atoms. The Balaban J connectivity index is 2.87. The van der Waals surface area contributed by atoms with Crippen LogP contribution in [0.1, 0.15) is 44.6 Å². The van der Waals surface area contributed by atoms with Crippen molar-refractivity contribution in [2.45, 2.75) is 46.7 Å². The Morgan fingerprint density at radius 2 is 2.18 bits per heavy atom. The molecular weight excluding hydrogens is 238 g/mol. The Morgan fingerprint density at radius 1 is 1.59 bits per heavy atom. The summed E-state index contributed by atoms with van der Waals surface area (Å²) in [6.07, 6.45) is 1.79. The molecule has 0 radical (unpaired) electrons. The number of hydrogen-bond donors (Lipinski definition) is 1. The van der Waals surface area contributed by atoms with Crippen LogP contribution in [0.15, 0.2) is 6.20 Å². The second-order valence-electron chi connectivity index (χ2n) is 5.26. The van der Waals surface area contributed by atoms with E-state index in [2.05, 4.69) is 5.10 Å². The van der Waals surface area contributed by atoms with Gasteiger partial charge in [-0.2, -0.15) is 5.10 Å². The lowest BCUT2D eigenvalue weighted by atomic mass is 9.84. The molecule has 2 N–H and O–H groups in total. The molecule has 1 unspecified atom stereocenters. The summed E-state index contributed by atoms with van der Waals surface area (Å²) in [7, 11) is 0. The van der Waals surface area contributed by atoms with Crippen LogP contribution in [0.2, 0.25) is 5.02 Å². The van der Waals surface area contributed by atoms with E-state index in [1.165, 1.54) is 6.20 Å². The number of nitrogens with two attached hydrogens (primary N) is 1. The quantitative estimate of drug-likeness (QED) is 0.843. The normalized spacial score (nSPS) is 13.8. The molecule has 0 amide bonds. The summed E-state index contributed by atoms with van der Waals surface area (Å²) in [4.78, 5) is 12.1. The molecule has 0 aliphatic carbocycles. The standard InChI is InChI=1S/C12H20ClN3O/c1-5-16-11(8(13)7-15-16)9(17)6-10(14)12(2,3)4/h7,10H,5-6,14H2,1-4H3. The van der Waals surface area contributed by atoms with Gasteiger partial charge in [0, 0.05) is 19.0 Å². The average Bonchev–Trinajstić information content (AvgIpc) is 2.57. The van der Waals surface area contributed by atoms with Crippen LogP contribution >= 0.6 is 11.6 Å².